The van der Waals surface area contributed by atoms with Gasteiger partial charge in [0.2, 0.25) is 17.7 Å². The molecule has 0 spiro atoms. The van der Waals surface area contributed by atoms with Gasteiger partial charge in [0.1, 0.15) is 57.9 Å². The molecule has 594 valence electrons. The number of nitrogens with zero attached hydrogens (tertiary/aromatic N) is 17. The first-order chi connectivity index (χ1) is 54.7. The summed E-state index contributed by atoms with van der Waals surface area (Å²) in [6.07, 6.45) is 17.5. The number of halogens is 6. The lowest BCUT2D eigenvalue weighted by Gasteiger charge is -2.46. The van der Waals surface area contributed by atoms with E-state index in [9.17, 15) is 32.8 Å². The first kappa shape index (κ1) is 82.9. The van der Waals surface area contributed by atoms with E-state index in [-0.39, 0.29) is 87.4 Å². The summed E-state index contributed by atoms with van der Waals surface area (Å²) >= 11 is 20.1. The average Bonchev–Trinajstić information content (AvgIpc) is 0.868. The van der Waals surface area contributed by atoms with Gasteiger partial charge in [-0.05, 0) is 147 Å². The van der Waals surface area contributed by atoms with E-state index in [2.05, 4.69) is 78.8 Å². The Morgan fingerprint density at radius 3 is 1.50 bits per heavy atom. The molecule has 5 aliphatic rings. The third-order valence-corrected chi connectivity index (χ3v) is 21.8. The molecule has 1 aliphatic carbocycles. The Morgan fingerprint density at radius 2 is 1.03 bits per heavy atom. The van der Waals surface area contributed by atoms with Gasteiger partial charge in [0.05, 0.1) is 65.6 Å². The fourth-order valence-electron chi connectivity index (χ4n) is 14.6. The van der Waals surface area contributed by atoms with Crippen LogP contribution in [0, 0.1) is 59.9 Å². The average molecular weight is 1620 g/mol. The molecule has 22 nitrogen and oxygen atoms in total. The van der Waals surface area contributed by atoms with Crippen molar-refractivity contribution < 1.29 is 27.6 Å². The van der Waals surface area contributed by atoms with E-state index < -0.39 is 39.7 Å². The predicted octanol–water partition coefficient (Wildman–Crippen LogP) is 15.0. The van der Waals surface area contributed by atoms with Crippen LogP contribution in [0.1, 0.15) is 110 Å². The van der Waals surface area contributed by atoms with Crippen LogP contribution in [-0.2, 0) is 27.5 Å². The molecule has 0 N–H and O–H groups in total. The lowest BCUT2D eigenvalue weighted by Crippen LogP contribution is -2.59. The number of carbonyl (C=O) groups is 3. The number of terminal acetylenes is 2. The van der Waals surface area contributed by atoms with E-state index in [4.69, 9.17) is 72.6 Å². The number of rotatable bonds is 15. The van der Waals surface area contributed by atoms with E-state index in [0.717, 1.165) is 35.7 Å². The Hall–Kier alpha value is -11.5. The molecule has 115 heavy (non-hydrogen) atoms. The van der Waals surface area contributed by atoms with Gasteiger partial charge in [-0.1, -0.05) is 123 Å². The van der Waals surface area contributed by atoms with Crippen molar-refractivity contribution in [1.29, 1.82) is 0 Å². The quantitative estimate of drug-likeness (QED) is 0.0688. The summed E-state index contributed by atoms with van der Waals surface area (Å²) in [6, 6.07) is 23.7. The molecule has 4 aliphatic heterocycles. The number of aryl methyl sites for hydroxylation is 1. The van der Waals surface area contributed by atoms with Crippen LogP contribution in [0.3, 0.4) is 0 Å². The molecule has 3 atom stereocenters. The Balaban J connectivity index is 0.000000161. The minimum atomic E-state index is -0.663. The number of amides is 3. The Labute approximate surface area is 681 Å². The summed E-state index contributed by atoms with van der Waals surface area (Å²) in [5.41, 5.74) is 2.94. The van der Waals surface area contributed by atoms with Crippen LogP contribution in [0.2, 0.25) is 15.1 Å². The van der Waals surface area contributed by atoms with Gasteiger partial charge in [-0.15, -0.1) is 12.8 Å². The van der Waals surface area contributed by atoms with Crippen molar-refractivity contribution in [1.82, 2.24) is 63.6 Å². The number of hydrogen-bond acceptors (Lipinski definition) is 17. The van der Waals surface area contributed by atoms with Crippen molar-refractivity contribution in [2.45, 2.75) is 125 Å². The molecule has 0 bridgehead atoms. The summed E-state index contributed by atoms with van der Waals surface area (Å²) in [7, 11) is 0. The smallest absolute Gasteiger partial charge is 0.351 e. The Bertz CT molecular complexity index is 5680. The molecule has 10 heterocycles. The van der Waals surface area contributed by atoms with Crippen molar-refractivity contribution in [2.24, 2.45) is 15.8 Å². The number of aliphatic imine (C=N–C) groups is 1. The zero-order chi connectivity index (χ0) is 83.0. The highest BCUT2D eigenvalue weighted by atomic mass is 35.5. The number of pyridine rings is 3. The van der Waals surface area contributed by atoms with E-state index >= 15 is 4.39 Å². The second-order valence-electron chi connectivity index (χ2n) is 30.8. The standard InChI is InChI=1S/C34H37ClFN7O.C27H27ClFN5O2.C26H25ClFN5O2/c1-8-28(44)41-16-20(5)42(17-19(41)4)33-25-15-26(35)30(24-11-9-10-12-27(24)36)40-34(25)43(22(7)38-33)31-21(6)37-32(23-13-14-23)39-29(31)18(2)3;1-6-22(35)32-12-13-33(17(3)15-32)25-19-14-20(28)23(18-10-8-9-11-21(18)29)30-24(19)34(26(36)31-25)16-27(4,5)7-2;1-5-21(34)31-11-13-32(14-12-31)23-18-15-19(27)22(17-9-7-8-10-20(17)28)29-24(18)33(25(35)30-23)16-26(3,4)6-2/h8-12,15,18-20,23H,1,7,13-14,16-17H2,2-6H3;2,6,8-11,14,17H,1,12-13,15-16H2,3-5H3;2,5,7-10,15H,1,11-14,16H2,3-4H3. The zero-order valence-corrected chi connectivity index (χ0v) is 68.1. The minimum absolute atomic E-state index is 0.0693. The third-order valence-electron chi connectivity index (χ3n) is 20.9. The molecule has 3 amide bonds. The first-order valence-electron chi connectivity index (χ1n) is 37.8. The highest BCUT2D eigenvalue weighted by Gasteiger charge is 2.41. The number of benzene rings is 3. The summed E-state index contributed by atoms with van der Waals surface area (Å²) < 4.78 is 47.2. The van der Waals surface area contributed by atoms with Gasteiger partial charge in [-0.2, -0.15) is 9.97 Å². The number of fused-ring (bicyclic) bond motifs is 3. The van der Waals surface area contributed by atoms with Gasteiger partial charge >= 0.3 is 11.4 Å². The molecule has 3 saturated heterocycles. The lowest BCUT2D eigenvalue weighted by atomic mass is 9.95. The lowest BCUT2D eigenvalue weighted by molar-refractivity contribution is -0.130. The number of hydrogen-bond donors (Lipinski definition) is 0. The second-order valence-corrected chi connectivity index (χ2v) is 32.0. The zero-order valence-electron chi connectivity index (χ0n) is 65.9. The highest BCUT2D eigenvalue weighted by molar-refractivity contribution is 6.35. The van der Waals surface area contributed by atoms with E-state index in [0.29, 0.717) is 138 Å². The van der Waals surface area contributed by atoms with Crippen LogP contribution in [0.4, 0.5) is 36.3 Å². The number of piperazine rings is 3. The molecule has 1 saturated carbocycles. The molecule has 4 fully saturated rings. The van der Waals surface area contributed by atoms with Crippen molar-refractivity contribution in [2.75, 3.05) is 73.6 Å². The number of amidine groups is 1. The molecular weight excluding hydrogens is 1530 g/mol. The maximum absolute atomic E-state index is 15.1. The minimum Gasteiger partial charge on any atom is -0.352 e. The molecule has 3 aromatic carbocycles. The number of aromatic nitrogens is 9. The Kier molecular flexibility index (Phi) is 24.4. The van der Waals surface area contributed by atoms with Crippen LogP contribution in [0.25, 0.3) is 55.8 Å². The maximum atomic E-state index is 15.1. The van der Waals surface area contributed by atoms with Gasteiger partial charge in [0.25, 0.3) is 0 Å². The molecule has 3 unspecified atom stereocenters. The topological polar surface area (TPSA) is 220 Å². The van der Waals surface area contributed by atoms with Crippen LogP contribution in [0.15, 0.2) is 156 Å². The summed E-state index contributed by atoms with van der Waals surface area (Å²) in [5.74, 6) is 7.42. The van der Waals surface area contributed by atoms with Crippen molar-refractivity contribution in [3.8, 4) is 58.5 Å². The summed E-state index contributed by atoms with van der Waals surface area (Å²) in [6.45, 7) is 39.3. The van der Waals surface area contributed by atoms with Gasteiger partial charge in [-0.3, -0.25) is 28.4 Å². The van der Waals surface area contributed by atoms with Crippen LogP contribution < -0.4 is 26.1 Å². The third kappa shape index (κ3) is 17.2. The summed E-state index contributed by atoms with van der Waals surface area (Å²) in [5, 5.41) is 1.85. The van der Waals surface area contributed by atoms with Gasteiger partial charge in [-0.25, -0.2) is 52.7 Å². The van der Waals surface area contributed by atoms with Crippen molar-refractivity contribution >= 4 is 104 Å². The Morgan fingerprint density at radius 1 is 0.565 bits per heavy atom. The van der Waals surface area contributed by atoms with Crippen LogP contribution >= 0.6 is 34.8 Å². The van der Waals surface area contributed by atoms with E-state index in [1.165, 1.54) is 45.6 Å². The molecule has 14 rings (SSSR count). The fourth-order valence-corrected chi connectivity index (χ4v) is 15.4. The molecular formula is C87H89Cl3F3N17O5. The monoisotopic (exact) mass is 1610 g/mol. The van der Waals surface area contributed by atoms with Gasteiger partial charge in [0.15, 0.2) is 5.82 Å². The highest BCUT2D eigenvalue weighted by Crippen LogP contribution is 2.47. The normalized spacial score (nSPS) is 17.1. The summed E-state index contributed by atoms with van der Waals surface area (Å²) in [4.78, 5) is 115. The van der Waals surface area contributed by atoms with Crippen molar-refractivity contribution in [3.63, 3.8) is 0 Å². The van der Waals surface area contributed by atoms with Gasteiger partial charge < -0.3 is 29.4 Å². The SMILES string of the molecule is C#CC(C)(C)Cn1c(=O)nc(N2CCN(C(=O)C=C)CC2)c2cc(Cl)c(-c3ccccc3F)nc21.C#CC(C)(C)Cn1c(=O)nc(N2CCN(C(=O)C=C)CC2C)c2cc(Cl)c(-c3ccccc3F)nc21.C=CC(=O)N1CC(C)N(C2=NC(=C)N(c3c(C)nc(C4CC4)nc3C(C)C)c3nc(-c4ccccc4F)c(Cl)cc32)CC1C. The van der Waals surface area contributed by atoms with E-state index in [1.54, 1.807) is 76.5 Å². The van der Waals surface area contributed by atoms with Crippen LogP contribution in [0.5, 0.6) is 0 Å². The molecule has 28 heteroatoms. The molecule has 6 aromatic heterocycles. The maximum Gasteiger partial charge on any atom is 0.351 e. The largest absolute Gasteiger partial charge is 0.352 e. The first-order valence-corrected chi connectivity index (χ1v) is 39.0. The second kappa shape index (κ2) is 33.9. The fraction of sp³-hybridized carbons (Fsp3) is 0.345. The molecule has 0 radical (unpaired) electrons. The van der Waals surface area contributed by atoms with Gasteiger partial charge in [0, 0.05) is 124 Å². The number of carbonyl (C=O) groups excluding carboxylic acids is 3. The van der Waals surface area contributed by atoms with Crippen molar-refractivity contribution in [3.05, 3.63) is 218 Å². The number of anilines is 4. The predicted molar refractivity (Wildman–Crippen MR) is 449 cm³/mol. The molecule has 9 aromatic rings. The van der Waals surface area contributed by atoms with E-state index in [1.807, 2.05) is 74.1 Å². The van der Waals surface area contributed by atoms with Crippen LogP contribution in [-0.4, -0.2) is 164 Å².